The Kier molecular flexibility index (Phi) is 15.7. The van der Waals surface area contributed by atoms with E-state index >= 15 is 0 Å². The molecule has 0 aliphatic rings. The summed E-state index contributed by atoms with van der Waals surface area (Å²) >= 11 is 0. The lowest BCUT2D eigenvalue weighted by Gasteiger charge is -2.42. The predicted octanol–water partition coefficient (Wildman–Crippen LogP) is 7.31. The van der Waals surface area contributed by atoms with Gasteiger partial charge < -0.3 is 38.6 Å². The van der Waals surface area contributed by atoms with E-state index in [9.17, 15) is 10.2 Å². The molecule has 10 nitrogen and oxygen atoms in total. The van der Waals surface area contributed by atoms with E-state index in [4.69, 9.17) is 28.4 Å². The van der Waals surface area contributed by atoms with Gasteiger partial charge in [0.05, 0.1) is 79.1 Å². The Labute approximate surface area is 315 Å². The van der Waals surface area contributed by atoms with Gasteiger partial charge in [0.25, 0.3) is 0 Å². The van der Waals surface area contributed by atoms with Crippen molar-refractivity contribution in [2.75, 3.05) is 55.9 Å². The SMILES string of the molecule is COc1cc(OC)c(CN([C@@H](C)CC(C)[C@H](C)N(Cc2c(OC)cc(OC)cc2OC)[C@@H](CO)c2ccccc2)[C@@H](CO)c2ccccc2)c(OC)c1. The molecule has 0 spiro atoms. The maximum atomic E-state index is 11.0. The Hall–Kier alpha value is -4.48. The summed E-state index contributed by atoms with van der Waals surface area (Å²) in [6, 6.07) is 27.0. The zero-order chi connectivity index (χ0) is 38.5. The lowest BCUT2D eigenvalue weighted by atomic mass is 9.90. The van der Waals surface area contributed by atoms with E-state index in [-0.39, 0.29) is 43.3 Å². The Morgan fingerprint density at radius 1 is 0.509 bits per heavy atom. The zero-order valence-electron chi connectivity index (χ0n) is 32.7. The lowest BCUT2D eigenvalue weighted by Crippen LogP contribution is -2.44. The van der Waals surface area contributed by atoms with E-state index in [2.05, 4.69) is 54.8 Å². The van der Waals surface area contributed by atoms with Crippen molar-refractivity contribution in [2.45, 2.75) is 64.4 Å². The van der Waals surface area contributed by atoms with Crippen LogP contribution in [0, 0.1) is 5.92 Å². The molecule has 0 heterocycles. The molecule has 0 aliphatic carbocycles. The molecule has 0 radical (unpaired) electrons. The van der Waals surface area contributed by atoms with Crippen LogP contribution >= 0.6 is 0 Å². The maximum Gasteiger partial charge on any atom is 0.130 e. The number of hydrogen-bond acceptors (Lipinski definition) is 10. The molecule has 4 rings (SSSR count). The standard InChI is InChI=1S/C43H58N2O8/c1-29(31(3)45(39(28-47)33-18-14-11-15-19-33)26-37-42(52-8)23-35(49-5)24-43(37)53-9)20-30(2)44(38(27-46)32-16-12-10-13-17-32)25-36-40(50-6)21-34(48-4)22-41(36)51-7/h10-19,21-24,29-31,38-39,46-47H,20,25-28H2,1-9H3/t29?,30-,31-,38-,39-/m0/s1. The number of methoxy groups -OCH3 is 6. The van der Waals surface area contributed by atoms with Gasteiger partial charge in [-0.05, 0) is 37.3 Å². The first kappa shape index (κ1) is 41.3. The van der Waals surface area contributed by atoms with Crippen molar-refractivity contribution in [3.63, 3.8) is 0 Å². The molecule has 10 heteroatoms. The molecule has 288 valence electrons. The van der Waals surface area contributed by atoms with Crippen LogP contribution in [0.2, 0.25) is 0 Å². The third-order valence-corrected chi connectivity index (χ3v) is 10.5. The first-order chi connectivity index (χ1) is 25.7. The highest BCUT2D eigenvalue weighted by molar-refractivity contribution is 5.52. The minimum atomic E-state index is -0.307. The quantitative estimate of drug-likeness (QED) is 0.0908. The molecule has 4 aromatic carbocycles. The maximum absolute atomic E-state index is 11.0. The fraction of sp³-hybridized carbons (Fsp3) is 0.442. The van der Waals surface area contributed by atoms with Crippen LogP contribution < -0.4 is 28.4 Å². The van der Waals surface area contributed by atoms with Crippen molar-refractivity contribution in [2.24, 2.45) is 5.92 Å². The molecule has 0 fully saturated rings. The number of aliphatic hydroxyl groups excluding tert-OH is 2. The lowest BCUT2D eigenvalue weighted by molar-refractivity contribution is 0.0330. The number of hydrogen-bond donors (Lipinski definition) is 2. The van der Waals surface area contributed by atoms with Gasteiger partial charge >= 0.3 is 0 Å². The Balaban J connectivity index is 1.76. The van der Waals surface area contributed by atoms with E-state index in [1.54, 1.807) is 42.7 Å². The molecule has 5 atom stereocenters. The second kappa shape index (κ2) is 20.1. The van der Waals surface area contributed by atoms with E-state index in [0.717, 1.165) is 28.7 Å². The van der Waals surface area contributed by atoms with Crippen molar-refractivity contribution in [3.05, 3.63) is 107 Å². The van der Waals surface area contributed by atoms with E-state index < -0.39 is 0 Å². The van der Waals surface area contributed by atoms with Crippen LogP contribution in [0.25, 0.3) is 0 Å². The molecule has 2 N–H and O–H groups in total. The fourth-order valence-corrected chi connectivity index (χ4v) is 7.29. The third-order valence-electron chi connectivity index (χ3n) is 10.5. The minimum absolute atomic E-state index is 0.0162. The van der Waals surface area contributed by atoms with Crippen LogP contribution in [0.4, 0.5) is 0 Å². The largest absolute Gasteiger partial charge is 0.496 e. The van der Waals surface area contributed by atoms with Crippen LogP contribution in [0.5, 0.6) is 34.5 Å². The van der Waals surface area contributed by atoms with Gasteiger partial charge in [0.2, 0.25) is 0 Å². The van der Waals surface area contributed by atoms with Gasteiger partial charge in [-0.3, -0.25) is 9.80 Å². The van der Waals surface area contributed by atoms with Crippen molar-refractivity contribution >= 4 is 0 Å². The van der Waals surface area contributed by atoms with Gasteiger partial charge in [0, 0.05) is 49.4 Å². The Morgan fingerprint density at radius 3 is 1.21 bits per heavy atom. The first-order valence-electron chi connectivity index (χ1n) is 18.1. The molecular formula is C43H58N2O8. The van der Waals surface area contributed by atoms with Crippen LogP contribution in [0.3, 0.4) is 0 Å². The van der Waals surface area contributed by atoms with Crippen molar-refractivity contribution in [3.8, 4) is 34.5 Å². The second-order valence-electron chi connectivity index (χ2n) is 13.4. The van der Waals surface area contributed by atoms with Gasteiger partial charge in [-0.15, -0.1) is 0 Å². The molecule has 1 unspecified atom stereocenters. The molecule has 53 heavy (non-hydrogen) atoms. The van der Waals surface area contributed by atoms with Crippen molar-refractivity contribution < 1.29 is 38.6 Å². The van der Waals surface area contributed by atoms with Crippen LogP contribution in [0.1, 0.15) is 61.5 Å². The smallest absolute Gasteiger partial charge is 0.130 e. The summed E-state index contributed by atoms with van der Waals surface area (Å²) in [5.41, 5.74) is 3.75. The monoisotopic (exact) mass is 730 g/mol. The van der Waals surface area contributed by atoms with Crippen molar-refractivity contribution in [1.82, 2.24) is 9.80 Å². The number of aliphatic hydroxyl groups is 2. The average Bonchev–Trinajstić information content (AvgIpc) is 3.20. The summed E-state index contributed by atoms with van der Waals surface area (Å²) in [5, 5.41) is 22.0. The topological polar surface area (TPSA) is 102 Å². The average molecular weight is 731 g/mol. The molecular weight excluding hydrogens is 672 g/mol. The summed E-state index contributed by atoms with van der Waals surface area (Å²) in [6.07, 6.45) is 0.769. The van der Waals surface area contributed by atoms with E-state index in [1.807, 2.05) is 60.7 Å². The molecule has 0 saturated heterocycles. The second-order valence-corrected chi connectivity index (χ2v) is 13.4. The normalized spacial score (nSPS) is 14.3. The summed E-state index contributed by atoms with van der Waals surface area (Å²) in [6.45, 7) is 7.41. The van der Waals surface area contributed by atoms with Gasteiger partial charge in [-0.2, -0.15) is 0 Å². The zero-order valence-corrected chi connectivity index (χ0v) is 32.7. The molecule has 0 saturated carbocycles. The molecule has 4 aromatic rings. The molecule has 0 aromatic heterocycles. The highest BCUT2D eigenvalue weighted by Gasteiger charge is 2.34. The van der Waals surface area contributed by atoms with Crippen LogP contribution in [-0.2, 0) is 13.1 Å². The van der Waals surface area contributed by atoms with Crippen LogP contribution in [0.15, 0.2) is 84.9 Å². The van der Waals surface area contributed by atoms with Crippen molar-refractivity contribution in [1.29, 1.82) is 0 Å². The number of benzene rings is 4. The molecule has 0 amide bonds. The Morgan fingerprint density at radius 2 is 0.868 bits per heavy atom. The van der Waals surface area contributed by atoms with Gasteiger partial charge in [-0.25, -0.2) is 0 Å². The summed E-state index contributed by atoms with van der Waals surface area (Å²) < 4.78 is 34.5. The van der Waals surface area contributed by atoms with Gasteiger partial charge in [-0.1, -0.05) is 67.6 Å². The van der Waals surface area contributed by atoms with Gasteiger partial charge in [0.1, 0.15) is 34.5 Å². The summed E-state index contributed by atoms with van der Waals surface area (Å²) in [4.78, 5) is 4.66. The van der Waals surface area contributed by atoms with E-state index in [0.29, 0.717) is 47.6 Å². The first-order valence-corrected chi connectivity index (χ1v) is 18.1. The van der Waals surface area contributed by atoms with Gasteiger partial charge in [0.15, 0.2) is 0 Å². The fourth-order valence-electron chi connectivity index (χ4n) is 7.29. The number of nitrogens with zero attached hydrogens (tertiary/aromatic N) is 2. The predicted molar refractivity (Wildman–Crippen MR) is 209 cm³/mol. The minimum Gasteiger partial charge on any atom is -0.496 e. The Bertz CT molecular complexity index is 1640. The highest BCUT2D eigenvalue weighted by atomic mass is 16.5. The number of rotatable bonds is 21. The summed E-state index contributed by atoms with van der Waals surface area (Å²) in [7, 11) is 9.80. The third kappa shape index (κ3) is 9.94. The summed E-state index contributed by atoms with van der Waals surface area (Å²) in [5.74, 6) is 3.97. The molecule has 0 bridgehead atoms. The van der Waals surface area contributed by atoms with Crippen LogP contribution in [-0.4, -0.2) is 88.0 Å². The molecule has 0 aliphatic heterocycles. The van der Waals surface area contributed by atoms with E-state index in [1.165, 1.54) is 0 Å². The number of ether oxygens (including phenoxy) is 6. The highest BCUT2D eigenvalue weighted by Crippen LogP contribution is 2.40.